The molecule has 0 fully saturated rings. The van der Waals surface area contributed by atoms with Gasteiger partial charge in [-0.25, -0.2) is 4.98 Å². The Morgan fingerprint density at radius 2 is 1.91 bits per heavy atom. The third-order valence-corrected chi connectivity index (χ3v) is 3.95. The molecule has 2 N–H and O–H groups in total. The highest BCUT2D eigenvalue weighted by Crippen LogP contribution is 2.13. The van der Waals surface area contributed by atoms with Crippen molar-refractivity contribution >= 4 is 34.9 Å². The van der Waals surface area contributed by atoms with E-state index in [2.05, 4.69) is 15.6 Å². The van der Waals surface area contributed by atoms with Gasteiger partial charge < -0.3 is 10.6 Å². The number of hydrogen-bond acceptors (Lipinski definition) is 4. The molecule has 0 aliphatic rings. The van der Waals surface area contributed by atoms with Gasteiger partial charge in [0.05, 0.1) is 5.01 Å². The van der Waals surface area contributed by atoms with Gasteiger partial charge in [-0.05, 0) is 39.0 Å². The summed E-state index contributed by atoms with van der Waals surface area (Å²) >= 11 is 1.50. The lowest BCUT2D eigenvalue weighted by atomic mass is 10.0. The van der Waals surface area contributed by atoms with Gasteiger partial charge >= 0.3 is 0 Å². The Morgan fingerprint density at radius 3 is 2.52 bits per heavy atom. The van der Waals surface area contributed by atoms with E-state index in [0.717, 1.165) is 9.88 Å². The molecule has 0 saturated carbocycles. The minimum Gasteiger partial charge on any atom is -0.339 e. The molecule has 0 radical (unpaired) electrons. The number of hydrogen-bond donors (Lipinski definition) is 2. The predicted molar refractivity (Wildman–Crippen MR) is 93.2 cm³/mol. The summed E-state index contributed by atoms with van der Waals surface area (Å²) in [5, 5.41) is 6.42. The number of anilines is 1. The highest BCUT2D eigenvalue weighted by molar-refractivity contribution is 7.12. The first-order valence-corrected chi connectivity index (χ1v) is 7.97. The number of para-hydroxylation sites is 1. The summed E-state index contributed by atoms with van der Waals surface area (Å²) < 4.78 is 0. The van der Waals surface area contributed by atoms with Crippen molar-refractivity contribution in [2.45, 2.75) is 26.3 Å². The fourth-order valence-corrected chi connectivity index (χ4v) is 2.52. The van der Waals surface area contributed by atoms with Crippen LogP contribution in [0.15, 0.2) is 42.6 Å². The van der Waals surface area contributed by atoms with Gasteiger partial charge in [0.1, 0.15) is 5.54 Å². The molecule has 0 aliphatic heterocycles. The first-order valence-electron chi connectivity index (χ1n) is 7.16. The van der Waals surface area contributed by atoms with Crippen LogP contribution in [0.2, 0.25) is 0 Å². The number of carbonyl (C=O) groups is 2. The van der Waals surface area contributed by atoms with Gasteiger partial charge in [-0.15, -0.1) is 11.3 Å². The number of rotatable bonds is 5. The van der Waals surface area contributed by atoms with Gasteiger partial charge in [0.15, 0.2) is 0 Å². The molecular weight excluding hydrogens is 310 g/mol. The topological polar surface area (TPSA) is 71.1 Å². The third kappa shape index (κ3) is 5.03. The van der Waals surface area contributed by atoms with E-state index in [4.69, 9.17) is 0 Å². The van der Waals surface area contributed by atoms with Crippen LogP contribution in [0.1, 0.15) is 23.7 Å². The van der Waals surface area contributed by atoms with Crippen LogP contribution in [-0.2, 0) is 9.59 Å². The van der Waals surface area contributed by atoms with Crippen molar-refractivity contribution in [1.29, 1.82) is 0 Å². The van der Waals surface area contributed by atoms with E-state index in [0.29, 0.717) is 5.69 Å². The van der Waals surface area contributed by atoms with Crippen LogP contribution in [0.4, 0.5) is 5.69 Å². The quantitative estimate of drug-likeness (QED) is 0.828. The largest absolute Gasteiger partial charge is 0.339 e. The van der Waals surface area contributed by atoms with E-state index in [1.807, 2.05) is 25.1 Å². The van der Waals surface area contributed by atoms with E-state index in [1.54, 1.807) is 38.3 Å². The van der Waals surface area contributed by atoms with E-state index >= 15 is 0 Å². The van der Waals surface area contributed by atoms with Gasteiger partial charge in [-0.1, -0.05) is 18.2 Å². The van der Waals surface area contributed by atoms with E-state index in [-0.39, 0.29) is 11.8 Å². The smallest absolute Gasteiger partial charge is 0.249 e. The zero-order chi connectivity index (χ0) is 16.9. The molecular formula is C17H19N3O2S. The number of aryl methyl sites for hydroxylation is 1. The molecule has 0 atom stereocenters. The highest BCUT2D eigenvalue weighted by Gasteiger charge is 2.28. The van der Waals surface area contributed by atoms with E-state index < -0.39 is 5.54 Å². The fraction of sp³-hybridized carbons (Fsp3) is 0.235. The van der Waals surface area contributed by atoms with Crippen LogP contribution in [0, 0.1) is 6.92 Å². The van der Waals surface area contributed by atoms with Gasteiger partial charge in [-0.3, -0.25) is 9.59 Å². The molecule has 120 valence electrons. The first kappa shape index (κ1) is 16.9. The molecule has 23 heavy (non-hydrogen) atoms. The van der Waals surface area contributed by atoms with Crippen molar-refractivity contribution in [3.63, 3.8) is 0 Å². The summed E-state index contributed by atoms with van der Waals surface area (Å²) in [6.45, 7) is 5.22. The fourth-order valence-electron chi connectivity index (χ4n) is 1.83. The highest BCUT2D eigenvalue weighted by atomic mass is 32.1. The zero-order valence-corrected chi connectivity index (χ0v) is 14.1. The lowest BCUT2D eigenvalue weighted by Gasteiger charge is -2.24. The molecule has 5 nitrogen and oxygen atoms in total. The van der Waals surface area contributed by atoms with E-state index in [9.17, 15) is 9.59 Å². The number of nitrogens with zero attached hydrogens (tertiary/aromatic N) is 1. The number of aromatic nitrogens is 1. The Morgan fingerprint density at radius 1 is 1.22 bits per heavy atom. The molecule has 2 aromatic rings. The molecule has 1 heterocycles. The maximum Gasteiger partial charge on any atom is 0.249 e. The first-order chi connectivity index (χ1) is 10.9. The van der Waals surface area contributed by atoms with Crippen molar-refractivity contribution in [3.8, 4) is 0 Å². The third-order valence-electron chi connectivity index (χ3n) is 3.07. The normalized spacial score (nSPS) is 11.4. The molecule has 2 rings (SSSR count). The van der Waals surface area contributed by atoms with Crippen LogP contribution >= 0.6 is 11.3 Å². The van der Waals surface area contributed by atoms with Gasteiger partial charge in [-0.2, -0.15) is 0 Å². The van der Waals surface area contributed by atoms with Crippen molar-refractivity contribution < 1.29 is 9.59 Å². The molecule has 0 spiro atoms. The predicted octanol–water partition coefficient (Wildman–Crippen LogP) is 3.00. The molecule has 1 aromatic carbocycles. The molecule has 0 unspecified atom stereocenters. The minimum atomic E-state index is -1.03. The summed E-state index contributed by atoms with van der Waals surface area (Å²) in [6.07, 6.45) is 4.80. The molecule has 0 saturated heterocycles. The zero-order valence-electron chi connectivity index (χ0n) is 13.3. The summed E-state index contributed by atoms with van der Waals surface area (Å²) in [5.74, 6) is -0.608. The average molecular weight is 329 g/mol. The molecule has 6 heteroatoms. The van der Waals surface area contributed by atoms with Crippen molar-refractivity contribution in [2.75, 3.05) is 5.32 Å². The summed E-state index contributed by atoms with van der Waals surface area (Å²) in [7, 11) is 0. The number of nitrogens with one attached hydrogen (secondary N) is 2. The maximum atomic E-state index is 12.3. The summed E-state index contributed by atoms with van der Waals surface area (Å²) in [6, 6.07) is 9.13. The molecule has 0 aliphatic carbocycles. The summed E-state index contributed by atoms with van der Waals surface area (Å²) in [4.78, 5) is 29.3. The number of carbonyl (C=O) groups excluding carboxylic acids is 2. The monoisotopic (exact) mass is 329 g/mol. The second kappa shape index (κ2) is 7.19. The van der Waals surface area contributed by atoms with Crippen LogP contribution < -0.4 is 10.6 Å². The average Bonchev–Trinajstić information content (AvgIpc) is 2.91. The standard InChI is InChI=1S/C17H19N3O2S/c1-12-18-11-14(23-12)9-10-15(21)20-17(2,3)16(22)19-13-7-5-4-6-8-13/h4-11H,1-3H3,(H,19,22)(H,20,21)/b10-9+. The molecule has 2 amide bonds. The van der Waals surface area contributed by atoms with Crippen LogP contribution in [0.25, 0.3) is 6.08 Å². The van der Waals surface area contributed by atoms with Gasteiger partial charge in [0.2, 0.25) is 11.8 Å². The van der Waals surface area contributed by atoms with Crippen LogP contribution in [0.5, 0.6) is 0 Å². The SMILES string of the molecule is Cc1ncc(/C=C/C(=O)NC(C)(C)C(=O)Nc2ccccc2)s1. The van der Waals surface area contributed by atoms with Crippen molar-refractivity contribution in [2.24, 2.45) is 0 Å². The Kier molecular flexibility index (Phi) is 5.28. The minimum absolute atomic E-state index is 0.279. The van der Waals surface area contributed by atoms with E-state index in [1.165, 1.54) is 17.4 Å². The molecule has 0 bridgehead atoms. The Bertz CT molecular complexity index is 720. The van der Waals surface area contributed by atoms with Crippen LogP contribution in [0.3, 0.4) is 0 Å². The van der Waals surface area contributed by atoms with Crippen molar-refractivity contribution in [3.05, 3.63) is 52.5 Å². The lowest BCUT2D eigenvalue weighted by Crippen LogP contribution is -2.51. The second-order valence-corrected chi connectivity index (χ2v) is 6.82. The number of benzene rings is 1. The summed E-state index contributed by atoms with van der Waals surface area (Å²) in [5.41, 5.74) is -0.337. The second-order valence-electron chi connectivity index (χ2n) is 5.55. The Balaban J connectivity index is 1.95. The number of thiazole rings is 1. The van der Waals surface area contributed by atoms with Crippen LogP contribution in [-0.4, -0.2) is 22.3 Å². The van der Waals surface area contributed by atoms with Crippen molar-refractivity contribution in [1.82, 2.24) is 10.3 Å². The maximum absolute atomic E-state index is 12.3. The lowest BCUT2D eigenvalue weighted by molar-refractivity contribution is -0.126. The molecule has 1 aromatic heterocycles. The Labute approximate surface area is 139 Å². The van der Waals surface area contributed by atoms with Gasteiger partial charge in [0, 0.05) is 22.8 Å². The van der Waals surface area contributed by atoms with Gasteiger partial charge in [0.25, 0.3) is 0 Å². The Hall–Kier alpha value is -2.47. The number of amides is 2.